The van der Waals surface area contributed by atoms with Crippen LogP contribution in [0.2, 0.25) is 0 Å². The predicted octanol–water partition coefficient (Wildman–Crippen LogP) is 2.22. The number of thioether (sulfide) groups is 1. The van der Waals surface area contributed by atoms with E-state index in [1.165, 1.54) is 16.2 Å². The highest BCUT2D eigenvalue weighted by atomic mass is 32.2. The van der Waals surface area contributed by atoms with Gasteiger partial charge in [0.25, 0.3) is 11.5 Å². The molecule has 0 unspecified atom stereocenters. The third-order valence-electron chi connectivity index (χ3n) is 6.49. The molecule has 1 amide bonds. The van der Waals surface area contributed by atoms with Crippen LogP contribution < -0.4 is 15.2 Å². The summed E-state index contributed by atoms with van der Waals surface area (Å²) in [6, 6.07) is 12.9. The molecule has 2 aromatic heterocycles. The van der Waals surface area contributed by atoms with Crippen LogP contribution in [0.4, 0.5) is 5.82 Å². The molecule has 1 N–H and O–H groups in total. The maximum Gasteiger partial charge on any atom is 0.267 e. The Morgan fingerprint density at radius 1 is 1.11 bits per heavy atom. The van der Waals surface area contributed by atoms with Crippen molar-refractivity contribution in [1.29, 1.82) is 0 Å². The molecule has 2 aliphatic heterocycles. The van der Waals surface area contributed by atoms with Crippen LogP contribution in [-0.4, -0.2) is 81.0 Å². The minimum absolute atomic E-state index is 0.110. The summed E-state index contributed by atoms with van der Waals surface area (Å²) >= 11 is 6.73. The molecule has 0 bridgehead atoms. The molecule has 2 saturated heterocycles. The zero-order valence-corrected chi connectivity index (χ0v) is 22.0. The zero-order chi connectivity index (χ0) is 25.9. The third-order valence-corrected chi connectivity index (χ3v) is 7.86. The molecule has 0 atom stereocenters. The summed E-state index contributed by atoms with van der Waals surface area (Å²) in [6.45, 7) is 3.88. The number of piperazine rings is 1. The summed E-state index contributed by atoms with van der Waals surface area (Å²) in [7, 11) is 1.61. The number of hydrogen-bond acceptors (Lipinski definition) is 9. The first kappa shape index (κ1) is 25.4. The summed E-state index contributed by atoms with van der Waals surface area (Å²) < 4.78 is 7.15. The Balaban J connectivity index is 1.48. The smallest absolute Gasteiger partial charge is 0.267 e. The van der Waals surface area contributed by atoms with E-state index >= 15 is 0 Å². The summed E-state index contributed by atoms with van der Waals surface area (Å²) in [6.07, 6.45) is 3.32. The van der Waals surface area contributed by atoms with Crippen molar-refractivity contribution in [2.24, 2.45) is 0 Å². The van der Waals surface area contributed by atoms with Crippen molar-refractivity contribution in [2.75, 3.05) is 51.3 Å². The van der Waals surface area contributed by atoms with Crippen LogP contribution in [0.3, 0.4) is 0 Å². The first-order valence-electron chi connectivity index (χ1n) is 12.0. The number of rotatable bonds is 7. The first-order valence-corrected chi connectivity index (χ1v) is 13.2. The highest BCUT2D eigenvalue weighted by molar-refractivity contribution is 8.26. The minimum Gasteiger partial charge on any atom is -0.497 e. The van der Waals surface area contributed by atoms with Gasteiger partial charge in [0, 0.05) is 38.9 Å². The van der Waals surface area contributed by atoms with Gasteiger partial charge in [-0.2, -0.15) is 0 Å². The van der Waals surface area contributed by atoms with E-state index in [-0.39, 0.29) is 18.1 Å². The Hall–Kier alpha value is -3.25. The number of β-amino-alcohol motifs (C(OH)–C–C–N with tert-alkyl or cyclic N) is 1. The molecule has 5 rings (SSSR count). The molecule has 0 aliphatic carbocycles. The number of aliphatic hydroxyl groups excluding tert-OH is 1. The van der Waals surface area contributed by atoms with Gasteiger partial charge in [0.1, 0.15) is 21.5 Å². The summed E-state index contributed by atoms with van der Waals surface area (Å²) in [4.78, 5) is 38.0. The van der Waals surface area contributed by atoms with Crippen LogP contribution in [0.25, 0.3) is 11.7 Å². The van der Waals surface area contributed by atoms with E-state index in [9.17, 15) is 14.7 Å². The number of aromatic nitrogens is 2. The Bertz CT molecular complexity index is 1410. The van der Waals surface area contributed by atoms with Gasteiger partial charge in [-0.05, 0) is 35.9 Å². The van der Waals surface area contributed by atoms with E-state index in [1.807, 2.05) is 30.3 Å². The van der Waals surface area contributed by atoms with Gasteiger partial charge >= 0.3 is 0 Å². The lowest BCUT2D eigenvalue weighted by molar-refractivity contribution is -0.122. The number of fused-ring (bicyclic) bond motifs is 1. The van der Waals surface area contributed by atoms with Crippen molar-refractivity contribution in [3.05, 3.63) is 75.0 Å². The average Bonchev–Trinajstić information content (AvgIpc) is 3.18. The van der Waals surface area contributed by atoms with E-state index < -0.39 is 0 Å². The summed E-state index contributed by atoms with van der Waals surface area (Å²) in [5.74, 6) is 1.06. The van der Waals surface area contributed by atoms with E-state index in [4.69, 9.17) is 21.9 Å². The topological polar surface area (TPSA) is 90.6 Å². The van der Waals surface area contributed by atoms with Crippen LogP contribution in [0.15, 0.2) is 58.4 Å². The molecule has 2 fully saturated rings. The number of ether oxygens (including phenoxy) is 1. The number of thiocarbonyl (C=S) groups is 1. The number of nitrogens with zero attached hydrogens (tertiary/aromatic N) is 5. The summed E-state index contributed by atoms with van der Waals surface area (Å²) in [5, 5.41) is 9.27. The lowest BCUT2D eigenvalue weighted by Gasteiger charge is -2.35. The van der Waals surface area contributed by atoms with E-state index in [0.29, 0.717) is 52.4 Å². The second-order valence-corrected chi connectivity index (χ2v) is 10.4. The first-order chi connectivity index (χ1) is 18.0. The van der Waals surface area contributed by atoms with Crippen LogP contribution in [-0.2, 0) is 11.3 Å². The standard InChI is InChI=1S/C26H27N5O4S2/c1-35-19-7-5-18(6-8-19)17-31-25(34)21(37-26(31)36)16-20-23(29-12-10-28(11-13-29)14-15-32)27-22-4-2-3-9-30(22)24(20)33/h2-9,16,32H,10-15,17H2,1H3. The molecular formula is C26H27N5O4S2. The Labute approximate surface area is 224 Å². The highest BCUT2D eigenvalue weighted by Crippen LogP contribution is 2.34. The number of hydrogen-bond donors (Lipinski definition) is 1. The maximum absolute atomic E-state index is 13.6. The molecule has 1 aromatic carbocycles. The van der Waals surface area contributed by atoms with Crippen LogP contribution in [0.5, 0.6) is 5.75 Å². The van der Waals surface area contributed by atoms with Gasteiger partial charge in [-0.3, -0.25) is 23.8 Å². The van der Waals surface area contributed by atoms with Gasteiger partial charge in [0.05, 0.1) is 30.7 Å². The van der Waals surface area contributed by atoms with Gasteiger partial charge in [0.15, 0.2) is 0 Å². The molecule has 4 heterocycles. The zero-order valence-electron chi connectivity index (χ0n) is 20.4. The third kappa shape index (κ3) is 5.26. The molecule has 0 saturated carbocycles. The van der Waals surface area contributed by atoms with Gasteiger partial charge in [-0.25, -0.2) is 4.98 Å². The Morgan fingerprint density at radius 2 is 1.86 bits per heavy atom. The molecule has 9 nitrogen and oxygen atoms in total. The number of carbonyl (C=O) groups excluding carboxylic acids is 1. The highest BCUT2D eigenvalue weighted by Gasteiger charge is 2.33. The number of benzene rings is 1. The Morgan fingerprint density at radius 3 is 2.57 bits per heavy atom. The monoisotopic (exact) mass is 537 g/mol. The van der Waals surface area contributed by atoms with Crippen molar-refractivity contribution in [3.63, 3.8) is 0 Å². The minimum atomic E-state index is -0.237. The lowest BCUT2D eigenvalue weighted by Crippen LogP contribution is -2.48. The summed E-state index contributed by atoms with van der Waals surface area (Å²) in [5.41, 5.74) is 1.60. The fourth-order valence-corrected chi connectivity index (χ4v) is 5.70. The Kier molecular flexibility index (Phi) is 7.56. The number of anilines is 1. The van der Waals surface area contributed by atoms with Crippen molar-refractivity contribution in [3.8, 4) is 5.75 Å². The van der Waals surface area contributed by atoms with Crippen LogP contribution in [0, 0.1) is 0 Å². The number of pyridine rings is 1. The average molecular weight is 538 g/mol. The van der Waals surface area contributed by atoms with Crippen LogP contribution >= 0.6 is 24.0 Å². The maximum atomic E-state index is 13.6. The van der Waals surface area contributed by atoms with Crippen LogP contribution in [0.1, 0.15) is 11.1 Å². The number of aliphatic hydroxyl groups is 1. The second kappa shape index (κ2) is 11.0. The lowest BCUT2D eigenvalue weighted by atomic mass is 10.2. The van der Waals surface area contributed by atoms with Gasteiger partial charge in [-0.15, -0.1) is 0 Å². The number of amides is 1. The van der Waals surface area contributed by atoms with E-state index in [1.54, 1.807) is 36.4 Å². The molecule has 37 heavy (non-hydrogen) atoms. The molecule has 0 radical (unpaired) electrons. The molecule has 192 valence electrons. The van der Waals surface area contributed by atoms with E-state index in [2.05, 4.69) is 9.80 Å². The quantitative estimate of drug-likeness (QED) is 0.360. The molecule has 3 aromatic rings. The van der Waals surface area contributed by atoms with Gasteiger partial charge in [0.2, 0.25) is 0 Å². The largest absolute Gasteiger partial charge is 0.497 e. The number of methoxy groups -OCH3 is 1. The molecule has 11 heteroatoms. The van der Waals surface area contributed by atoms with Gasteiger partial charge < -0.3 is 14.7 Å². The fourth-order valence-electron chi connectivity index (χ4n) is 4.46. The fraction of sp³-hybridized carbons (Fsp3) is 0.308. The van der Waals surface area contributed by atoms with Crippen molar-refractivity contribution >= 4 is 51.7 Å². The van der Waals surface area contributed by atoms with Crippen molar-refractivity contribution in [2.45, 2.75) is 6.54 Å². The molecular weight excluding hydrogens is 510 g/mol. The SMILES string of the molecule is COc1ccc(CN2C(=O)C(=Cc3c(N4CCN(CCO)CC4)nc4ccccn4c3=O)SC2=S)cc1. The van der Waals surface area contributed by atoms with Gasteiger partial charge in [-0.1, -0.05) is 42.2 Å². The van der Waals surface area contributed by atoms with E-state index in [0.717, 1.165) is 24.4 Å². The van der Waals surface area contributed by atoms with Crippen molar-refractivity contribution < 1.29 is 14.6 Å². The predicted molar refractivity (Wildman–Crippen MR) is 149 cm³/mol. The number of carbonyl (C=O) groups is 1. The van der Waals surface area contributed by atoms with Crippen molar-refractivity contribution in [1.82, 2.24) is 19.2 Å². The normalized spacial score (nSPS) is 17.8. The molecule has 2 aliphatic rings. The second-order valence-electron chi connectivity index (χ2n) is 8.75. The molecule has 0 spiro atoms.